The Kier molecular flexibility index (Phi) is 13.6. The van der Waals surface area contributed by atoms with Gasteiger partial charge in [0.1, 0.15) is 37.1 Å². The van der Waals surface area contributed by atoms with E-state index in [1.54, 1.807) is 50.2 Å². The minimum Gasteiger partial charge on any atom is -0.487 e. The summed E-state index contributed by atoms with van der Waals surface area (Å²) in [5, 5.41) is 16.8. The lowest BCUT2D eigenvalue weighted by molar-refractivity contribution is -0.158. The molecule has 0 saturated carbocycles. The number of nitrogens with zero attached hydrogens (tertiary/aromatic N) is 2. The summed E-state index contributed by atoms with van der Waals surface area (Å²) < 4.78 is 11.8. The van der Waals surface area contributed by atoms with Gasteiger partial charge in [-0.25, -0.2) is 9.59 Å². The highest BCUT2D eigenvalue weighted by atomic mass is 16.5. The first kappa shape index (κ1) is 41.2. The molecule has 0 spiro atoms. The Labute approximate surface area is 339 Å². The van der Waals surface area contributed by atoms with Crippen molar-refractivity contribution < 1.29 is 33.8 Å². The fraction of sp³-hybridized carbons (Fsp3) is 0.298. The van der Waals surface area contributed by atoms with Gasteiger partial charge in [0.15, 0.2) is 0 Å². The highest BCUT2D eigenvalue weighted by Crippen LogP contribution is 2.36. The van der Waals surface area contributed by atoms with Crippen molar-refractivity contribution in [2.24, 2.45) is 11.8 Å². The Morgan fingerprint density at radius 2 is 1.38 bits per heavy atom. The number of carbonyl (C=O) groups is 4. The Morgan fingerprint density at radius 3 is 1.98 bits per heavy atom. The lowest BCUT2D eigenvalue weighted by atomic mass is 9.89. The number of pyridine rings is 1. The number of hydrogen-bond acceptors (Lipinski definition) is 7. The summed E-state index contributed by atoms with van der Waals surface area (Å²) in [7, 11) is 0. The number of carboxylic acid groups (broad SMARTS) is 1. The number of aliphatic carboxylic acids is 1. The number of aromatic nitrogens is 1. The van der Waals surface area contributed by atoms with Gasteiger partial charge in [0.2, 0.25) is 5.91 Å². The first-order chi connectivity index (χ1) is 28.0. The van der Waals surface area contributed by atoms with Gasteiger partial charge in [0.25, 0.3) is 5.91 Å². The van der Waals surface area contributed by atoms with Crippen molar-refractivity contribution in [3.63, 3.8) is 0 Å². The maximum atomic E-state index is 15.6. The van der Waals surface area contributed by atoms with Crippen LogP contribution in [0.15, 0.2) is 121 Å². The number of fused-ring (bicyclic) bond motifs is 1. The topological polar surface area (TPSA) is 147 Å². The van der Waals surface area contributed by atoms with Crippen LogP contribution in [0.4, 0.5) is 10.5 Å². The molecule has 3 amide bonds. The lowest BCUT2D eigenvalue weighted by Gasteiger charge is -2.41. The number of aryl methyl sites for hydroxylation is 2. The zero-order valence-corrected chi connectivity index (χ0v) is 33.3. The van der Waals surface area contributed by atoms with Crippen LogP contribution < -0.4 is 15.4 Å². The molecule has 1 heterocycles. The van der Waals surface area contributed by atoms with Crippen LogP contribution in [0.25, 0.3) is 0 Å². The highest BCUT2D eigenvalue weighted by Gasteiger charge is 2.47. The molecular formula is C47H50N4O7. The fourth-order valence-corrected chi connectivity index (χ4v) is 7.58. The van der Waals surface area contributed by atoms with Crippen molar-refractivity contribution in [2.45, 2.75) is 78.3 Å². The molecular weight excluding hydrogens is 733 g/mol. The number of nitrogens with one attached hydrogen (secondary N) is 2. The van der Waals surface area contributed by atoms with E-state index in [0.717, 1.165) is 27.2 Å². The second-order valence-electron chi connectivity index (χ2n) is 14.8. The molecule has 11 heteroatoms. The number of alkyl carbamates (subject to hydrolysis) is 1. The molecule has 0 saturated heterocycles. The van der Waals surface area contributed by atoms with Crippen molar-refractivity contribution in [2.75, 3.05) is 5.32 Å². The molecule has 1 aromatic heterocycles. The molecule has 3 N–H and O–H groups in total. The van der Waals surface area contributed by atoms with Gasteiger partial charge < -0.3 is 30.1 Å². The standard InChI is InChI=1S/C47H50N4O7/c1-5-30(2)42(46(54)55)51(45(53)41(37-26-35-20-12-13-21-36(35)27-37)50-47(56)58-29-34-18-10-7-11-19-34)43(38-25-24-31(3)48-32(38)4)44(52)49-39-22-14-15-23-40(39)57-28-33-16-8-6-9-17-33/h6-25,30,37,41-43H,5,26-29H2,1-4H3,(H,49,52)(H,50,56)(H,54,55)/t30-,41+,42+,43?/m0/s1. The summed E-state index contributed by atoms with van der Waals surface area (Å²) in [4.78, 5) is 63.6. The monoisotopic (exact) mass is 782 g/mol. The van der Waals surface area contributed by atoms with E-state index in [1.165, 1.54) is 0 Å². The minimum absolute atomic E-state index is 0.0438. The van der Waals surface area contributed by atoms with Crippen molar-refractivity contribution in [3.05, 3.63) is 161 Å². The van der Waals surface area contributed by atoms with Gasteiger partial charge in [0, 0.05) is 17.0 Å². The number of carbonyl (C=O) groups excluding carboxylic acids is 3. The van der Waals surface area contributed by atoms with E-state index >= 15 is 9.59 Å². The number of carboxylic acids is 1. The predicted molar refractivity (Wildman–Crippen MR) is 221 cm³/mol. The maximum absolute atomic E-state index is 15.6. The van der Waals surface area contributed by atoms with Crippen molar-refractivity contribution in [1.82, 2.24) is 15.2 Å². The first-order valence-corrected chi connectivity index (χ1v) is 19.6. The van der Waals surface area contributed by atoms with Gasteiger partial charge in [0.05, 0.1) is 5.69 Å². The lowest BCUT2D eigenvalue weighted by Crippen LogP contribution is -2.60. The molecule has 300 valence electrons. The van der Waals surface area contributed by atoms with E-state index in [0.29, 0.717) is 47.7 Å². The summed E-state index contributed by atoms with van der Waals surface area (Å²) >= 11 is 0. The molecule has 5 aromatic rings. The second-order valence-corrected chi connectivity index (χ2v) is 14.8. The zero-order chi connectivity index (χ0) is 41.2. The highest BCUT2D eigenvalue weighted by molar-refractivity contribution is 6.01. The number of anilines is 1. The van der Waals surface area contributed by atoms with Crippen molar-refractivity contribution in [1.29, 1.82) is 0 Å². The van der Waals surface area contributed by atoms with E-state index < -0.39 is 53.8 Å². The number of benzene rings is 4. The second kappa shape index (κ2) is 19.1. The Balaban J connectivity index is 1.43. The van der Waals surface area contributed by atoms with Crippen LogP contribution in [0.3, 0.4) is 0 Å². The van der Waals surface area contributed by atoms with Gasteiger partial charge >= 0.3 is 12.1 Å². The third-order valence-corrected chi connectivity index (χ3v) is 10.8. The minimum atomic E-state index is -1.49. The molecule has 1 aliphatic rings. The molecule has 0 aliphatic heterocycles. The molecule has 0 radical (unpaired) electrons. The summed E-state index contributed by atoms with van der Waals surface area (Å²) in [5.41, 5.74) is 5.52. The van der Waals surface area contributed by atoms with Crippen molar-refractivity contribution >= 4 is 29.6 Å². The van der Waals surface area contributed by atoms with Crippen LogP contribution in [0.2, 0.25) is 0 Å². The van der Waals surface area contributed by atoms with Gasteiger partial charge in [-0.15, -0.1) is 0 Å². The van der Waals surface area contributed by atoms with E-state index in [4.69, 9.17) is 9.47 Å². The number of hydrogen-bond donors (Lipinski definition) is 3. The Bertz CT molecular complexity index is 2190. The molecule has 11 nitrogen and oxygen atoms in total. The van der Waals surface area contributed by atoms with Crippen LogP contribution in [-0.4, -0.2) is 51.0 Å². The number of para-hydroxylation sites is 2. The average Bonchev–Trinajstić information content (AvgIpc) is 3.66. The van der Waals surface area contributed by atoms with Crippen LogP contribution in [-0.2, 0) is 45.2 Å². The molecule has 0 fully saturated rings. The van der Waals surface area contributed by atoms with Crippen LogP contribution in [0.1, 0.15) is 65.5 Å². The van der Waals surface area contributed by atoms with Crippen molar-refractivity contribution in [3.8, 4) is 5.75 Å². The number of ether oxygens (including phenoxy) is 2. The summed E-state index contributed by atoms with van der Waals surface area (Å²) in [6, 6.07) is 32.7. The van der Waals surface area contributed by atoms with Crippen LogP contribution >= 0.6 is 0 Å². The SMILES string of the molecule is CC[C@H](C)[C@H](C(=O)O)N(C(=O)[C@H](NC(=O)OCc1ccccc1)C1Cc2ccccc2C1)C(C(=O)Nc1ccccc1OCc1ccccc1)c1ccc(C)nc1C. The largest absolute Gasteiger partial charge is 0.487 e. The average molecular weight is 783 g/mol. The summed E-state index contributed by atoms with van der Waals surface area (Å²) in [5.74, 6) is -3.39. The molecule has 1 unspecified atom stereocenters. The number of amides is 3. The first-order valence-electron chi connectivity index (χ1n) is 19.6. The van der Waals surface area contributed by atoms with E-state index in [2.05, 4.69) is 15.6 Å². The normalized spacial score (nSPS) is 14.3. The summed E-state index contributed by atoms with van der Waals surface area (Å²) in [6.45, 7) is 7.30. The maximum Gasteiger partial charge on any atom is 0.408 e. The third kappa shape index (κ3) is 9.90. The molecule has 6 rings (SSSR count). The quantitative estimate of drug-likeness (QED) is 0.0913. The van der Waals surface area contributed by atoms with Gasteiger partial charge in [-0.3, -0.25) is 14.6 Å². The van der Waals surface area contributed by atoms with E-state index in [1.807, 2.05) is 98.8 Å². The smallest absolute Gasteiger partial charge is 0.408 e. The molecule has 4 atom stereocenters. The fourth-order valence-electron chi connectivity index (χ4n) is 7.58. The van der Waals surface area contributed by atoms with Gasteiger partial charge in [-0.2, -0.15) is 0 Å². The third-order valence-electron chi connectivity index (χ3n) is 10.8. The van der Waals surface area contributed by atoms with Gasteiger partial charge in [-0.1, -0.05) is 123 Å². The molecule has 1 aliphatic carbocycles. The van der Waals surface area contributed by atoms with E-state index in [-0.39, 0.29) is 13.2 Å². The molecule has 4 aromatic carbocycles. The Hall–Kier alpha value is -6.49. The predicted octanol–water partition coefficient (Wildman–Crippen LogP) is 8.00. The molecule has 0 bridgehead atoms. The summed E-state index contributed by atoms with van der Waals surface area (Å²) in [6.07, 6.45) is 0.415. The van der Waals surface area contributed by atoms with Crippen LogP contribution in [0, 0.1) is 25.7 Å². The van der Waals surface area contributed by atoms with Crippen LogP contribution in [0.5, 0.6) is 5.75 Å². The molecule has 58 heavy (non-hydrogen) atoms. The van der Waals surface area contributed by atoms with Gasteiger partial charge in [-0.05, 0) is 79.0 Å². The van der Waals surface area contributed by atoms with E-state index in [9.17, 15) is 14.7 Å². The number of rotatable bonds is 16. The zero-order valence-electron chi connectivity index (χ0n) is 33.3. The Morgan fingerprint density at radius 1 is 0.793 bits per heavy atom.